The van der Waals surface area contributed by atoms with Crippen LogP contribution in [0.3, 0.4) is 0 Å². The molecule has 0 radical (unpaired) electrons. The molecular formula is C13H15ClN2O2. The molecule has 18 heavy (non-hydrogen) atoms. The highest BCUT2D eigenvalue weighted by atomic mass is 35.5. The number of hydrogen-bond donors (Lipinski definition) is 1. The first-order valence-corrected chi connectivity index (χ1v) is 5.92. The Bertz CT molecular complexity index is 572. The van der Waals surface area contributed by atoms with Crippen LogP contribution >= 0.6 is 11.6 Å². The Balaban J connectivity index is 2.72. The van der Waals surface area contributed by atoms with Gasteiger partial charge in [0.25, 0.3) is 0 Å². The van der Waals surface area contributed by atoms with Crippen LogP contribution < -0.4 is 14.8 Å². The van der Waals surface area contributed by atoms with Gasteiger partial charge in [-0.15, -0.1) is 0 Å². The van der Waals surface area contributed by atoms with Crippen LogP contribution in [0, 0.1) is 0 Å². The molecule has 0 aliphatic carbocycles. The van der Waals surface area contributed by atoms with Gasteiger partial charge >= 0.3 is 0 Å². The molecule has 1 heterocycles. The van der Waals surface area contributed by atoms with Gasteiger partial charge in [0, 0.05) is 24.2 Å². The van der Waals surface area contributed by atoms with Crippen LogP contribution in [-0.2, 0) is 6.54 Å². The molecule has 1 aromatic heterocycles. The number of rotatable bonds is 4. The van der Waals surface area contributed by atoms with Gasteiger partial charge in [-0.1, -0.05) is 11.6 Å². The van der Waals surface area contributed by atoms with Gasteiger partial charge in [0.1, 0.15) is 17.0 Å². The molecule has 1 aromatic carbocycles. The number of methoxy groups -OCH3 is 2. The zero-order valence-electron chi connectivity index (χ0n) is 10.6. The van der Waals surface area contributed by atoms with Crippen molar-refractivity contribution in [1.82, 2.24) is 10.3 Å². The van der Waals surface area contributed by atoms with Crippen molar-refractivity contribution < 1.29 is 9.47 Å². The molecule has 4 nitrogen and oxygen atoms in total. The maximum atomic E-state index is 6.17. The number of benzene rings is 1. The number of nitrogens with one attached hydrogen (secondary N) is 1. The number of halogens is 1. The predicted molar refractivity (Wildman–Crippen MR) is 72.6 cm³/mol. The summed E-state index contributed by atoms with van der Waals surface area (Å²) in [5.74, 6) is 1.27. The number of fused-ring (bicyclic) bond motifs is 1. The molecule has 0 aliphatic rings. The number of aromatic nitrogens is 1. The summed E-state index contributed by atoms with van der Waals surface area (Å²) in [6.45, 7) is 0.737. The summed E-state index contributed by atoms with van der Waals surface area (Å²) >= 11 is 6.17. The maximum Gasteiger partial charge on any atom is 0.147 e. The summed E-state index contributed by atoms with van der Waals surface area (Å²) < 4.78 is 10.6. The van der Waals surface area contributed by atoms with E-state index in [0.29, 0.717) is 16.5 Å². The highest BCUT2D eigenvalue weighted by molar-refractivity contribution is 6.33. The van der Waals surface area contributed by atoms with E-state index in [9.17, 15) is 0 Å². The van der Waals surface area contributed by atoms with Gasteiger partial charge < -0.3 is 14.8 Å². The summed E-state index contributed by atoms with van der Waals surface area (Å²) in [5, 5.41) is 4.46. The van der Waals surface area contributed by atoms with E-state index in [-0.39, 0.29) is 0 Å². The average Bonchev–Trinajstić information content (AvgIpc) is 2.38. The minimum Gasteiger partial charge on any atom is -0.494 e. The Hall–Kier alpha value is -1.52. The van der Waals surface area contributed by atoms with E-state index < -0.39 is 0 Å². The molecule has 0 amide bonds. The van der Waals surface area contributed by atoms with Gasteiger partial charge in [-0.2, -0.15) is 0 Å². The maximum absolute atomic E-state index is 6.17. The van der Waals surface area contributed by atoms with Crippen LogP contribution in [0.4, 0.5) is 0 Å². The van der Waals surface area contributed by atoms with Crippen LogP contribution in [0.25, 0.3) is 10.9 Å². The van der Waals surface area contributed by atoms with Gasteiger partial charge in [0.05, 0.1) is 19.2 Å². The molecule has 96 valence electrons. The molecule has 0 saturated heterocycles. The van der Waals surface area contributed by atoms with Crippen molar-refractivity contribution in [1.29, 1.82) is 0 Å². The molecule has 5 heteroatoms. The van der Waals surface area contributed by atoms with Crippen molar-refractivity contribution in [3.63, 3.8) is 0 Å². The van der Waals surface area contributed by atoms with Crippen LogP contribution in [0.2, 0.25) is 5.02 Å². The second kappa shape index (κ2) is 5.42. The third-order valence-corrected chi connectivity index (χ3v) is 2.98. The normalized spacial score (nSPS) is 10.7. The van der Waals surface area contributed by atoms with Gasteiger partial charge in [-0.05, 0) is 18.7 Å². The van der Waals surface area contributed by atoms with E-state index in [1.54, 1.807) is 20.3 Å². The molecule has 2 rings (SSSR count). The molecule has 0 fully saturated rings. The Morgan fingerprint density at radius 2 is 2.06 bits per heavy atom. The van der Waals surface area contributed by atoms with Gasteiger partial charge in [-0.25, -0.2) is 0 Å². The first-order valence-electron chi connectivity index (χ1n) is 5.55. The Morgan fingerprint density at radius 3 is 2.67 bits per heavy atom. The summed E-state index contributed by atoms with van der Waals surface area (Å²) in [4.78, 5) is 4.42. The third kappa shape index (κ3) is 2.21. The molecule has 0 unspecified atom stereocenters. The lowest BCUT2D eigenvalue weighted by Crippen LogP contribution is -2.05. The fourth-order valence-electron chi connectivity index (χ4n) is 1.92. The Kier molecular flexibility index (Phi) is 3.89. The lowest BCUT2D eigenvalue weighted by atomic mass is 10.1. The number of ether oxygens (including phenoxy) is 2. The zero-order valence-corrected chi connectivity index (χ0v) is 11.3. The SMILES string of the molecule is CNCc1cnc2c(OC)cc(Cl)c(OC)c2c1. The predicted octanol–water partition coefficient (Wildman–Crippen LogP) is 2.62. The molecule has 2 aromatic rings. The Morgan fingerprint density at radius 1 is 1.28 bits per heavy atom. The quantitative estimate of drug-likeness (QED) is 0.924. The van der Waals surface area contributed by atoms with Crippen molar-refractivity contribution in [2.45, 2.75) is 6.54 Å². The Labute approximate surface area is 111 Å². The van der Waals surface area contributed by atoms with E-state index in [4.69, 9.17) is 21.1 Å². The molecule has 0 bridgehead atoms. The summed E-state index contributed by atoms with van der Waals surface area (Å²) in [6.07, 6.45) is 1.81. The van der Waals surface area contributed by atoms with Crippen LogP contribution in [0.15, 0.2) is 18.3 Å². The van der Waals surface area contributed by atoms with E-state index in [1.807, 2.05) is 19.3 Å². The highest BCUT2D eigenvalue weighted by Gasteiger charge is 2.13. The smallest absolute Gasteiger partial charge is 0.147 e. The van der Waals surface area contributed by atoms with Gasteiger partial charge in [0.2, 0.25) is 0 Å². The van der Waals surface area contributed by atoms with Crippen LogP contribution in [0.1, 0.15) is 5.56 Å². The fourth-order valence-corrected chi connectivity index (χ4v) is 2.20. The van der Waals surface area contributed by atoms with Crippen molar-refractivity contribution in [2.75, 3.05) is 21.3 Å². The van der Waals surface area contributed by atoms with Gasteiger partial charge in [0.15, 0.2) is 0 Å². The summed E-state index contributed by atoms with van der Waals surface area (Å²) in [5.41, 5.74) is 1.81. The van der Waals surface area contributed by atoms with E-state index in [1.165, 1.54) is 0 Å². The molecular weight excluding hydrogens is 252 g/mol. The van der Waals surface area contributed by atoms with E-state index in [0.717, 1.165) is 23.0 Å². The second-order valence-corrected chi connectivity index (χ2v) is 4.27. The lowest BCUT2D eigenvalue weighted by molar-refractivity contribution is 0.410. The zero-order chi connectivity index (χ0) is 13.1. The second-order valence-electron chi connectivity index (χ2n) is 3.86. The molecule has 0 aliphatic heterocycles. The molecule has 1 N–H and O–H groups in total. The average molecular weight is 267 g/mol. The first-order chi connectivity index (χ1) is 8.71. The number of nitrogens with zero attached hydrogens (tertiary/aromatic N) is 1. The van der Waals surface area contributed by atoms with Crippen LogP contribution in [-0.4, -0.2) is 26.3 Å². The third-order valence-electron chi connectivity index (χ3n) is 2.70. The highest BCUT2D eigenvalue weighted by Crippen LogP contribution is 2.38. The topological polar surface area (TPSA) is 43.4 Å². The number of pyridine rings is 1. The standard InChI is InChI=1S/C13H15ClN2O2/c1-15-6-8-4-9-12(16-7-8)11(17-2)5-10(14)13(9)18-3/h4-5,7,15H,6H2,1-3H3. The molecule has 0 spiro atoms. The fraction of sp³-hybridized carbons (Fsp3) is 0.308. The molecule has 0 atom stereocenters. The monoisotopic (exact) mass is 266 g/mol. The van der Waals surface area contributed by atoms with E-state index >= 15 is 0 Å². The van der Waals surface area contributed by atoms with Crippen molar-refractivity contribution in [3.05, 3.63) is 28.9 Å². The minimum absolute atomic E-state index is 0.519. The summed E-state index contributed by atoms with van der Waals surface area (Å²) in [6, 6.07) is 3.72. The first kappa shape index (κ1) is 12.9. The van der Waals surface area contributed by atoms with Gasteiger partial charge in [-0.3, -0.25) is 4.98 Å². The minimum atomic E-state index is 0.519. The van der Waals surface area contributed by atoms with Crippen molar-refractivity contribution in [2.24, 2.45) is 0 Å². The largest absolute Gasteiger partial charge is 0.494 e. The lowest BCUT2D eigenvalue weighted by Gasteiger charge is -2.12. The van der Waals surface area contributed by atoms with Crippen molar-refractivity contribution >= 4 is 22.5 Å². The van der Waals surface area contributed by atoms with E-state index in [2.05, 4.69) is 10.3 Å². The number of hydrogen-bond acceptors (Lipinski definition) is 4. The van der Waals surface area contributed by atoms with Crippen LogP contribution in [0.5, 0.6) is 11.5 Å². The van der Waals surface area contributed by atoms with Crippen molar-refractivity contribution in [3.8, 4) is 11.5 Å². The molecule has 0 saturated carbocycles. The summed E-state index contributed by atoms with van der Waals surface area (Å²) in [7, 11) is 5.08.